The van der Waals surface area contributed by atoms with Crippen LogP contribution in [0.2, 0.25) is 0 Å². The molecule has 5 aliphatic carbocycles. The molecule has 1 amide bonds. The van der Waals surface area contributed by atoms with Gasteiger partial charge in [-0.15, -0.1) is 0 Å². The number of carbonyl (C=O) groups is 2. The second-order valence-corrected chi connectivity index (χ2v) is 11.1. The fourth-order valence-corrected chi connectivity index (χ4v) is 7.91. The van der Waals surface area contributed by atoms with Crippen LogP contribution in [0.25, 0.3) is 0 Å². The van der Waals surface area contributed by atoms with Gasteiger partial charge in [-0.3, -0.25) is 9.59 Å². The Morgan fingerprint density at radius 2 is 2.00 bits per heavy atom. The molecule has 1 heterocycles. The summed E-state index contributed by atoms with van der Waals surface area (Å²) in [6.45, 7) is 0.533. The lowest BCUT2D eigenvalue weighted by Crippen LogP contribution is -2.56. The van der Waals surface area contributed by atoms with Gasteiger partial charge in [-0.2, -0.15) is 0 Å². The first-order chi connectivity index (χ1) is 12.9. The average Bonchev–Trinajstić information content (AvgIpc) is 3.21. The summed E-state index contributed by atoms with van der Waals surface area (Å²) >= 11 is 4.00. The van der Waals surface area contributed by atoms with Gasteiger partial charge in [0.2, 0.25) is 0 Å². The van der Waals surface area contributed by atoms with Crippen molar-refractivity contribution in [1.29, 1.82) is 0 Å². The molecule has 0 spiro atoms. The molecule has 4 atom stereocenters. The van der Waals surface area contributed by atoms with Crippen molar-refractivity contribution in [2.45, 2.75) is 55.2 Å². The number of carbonyl (C=O) groups excluding carboxylic acids is 2. The zero-order valence-electron chi connectivity index (χ0n) is 15.4. The highest BCUT2D eigenvalue weighted by Crippen LogP contribution is 2.64. The van der Waals surface area contributed by atoms with E-state index in [2.05, 4.69) is 21.2 Å². The van der Waals surface area contributed by atoms with Crippen LogP contribution in [-0.2, 0) is 14.3 Å². The van der Waals surface area contributed by atoms with Crippen LogP contribution in [0.1, 0.15) is 56.6 Å². The van der Waals surface area contributed by atoms with Gasteiger partial charge >= 0.3 is 5.97 Å². The van der Waals surface area contributed by atoms with Crippen molar-refractivity contribution in [1.82, 2.24) is 5.32 Å². The van der Waals surface area contributed by atoms with Gasteiger partial charge in [0.15, 0.2) is 6.61 Å². The van der Waals surface area contributed by atoms with E-state index in [0.29, 0.717) is 10.9 Å². The standard InChI is InChI=1S/C21H26BrNO4/c22-21-8-13-4-14(9-21)7-20(6-13,11-21)12-23-18(24)10-27-19(25)16-5-15(16)17-2-1-3-26-17/h1-3,13-16H,4-12H2,(H,23,24). The first-order valence-electron chi connectivity index (χ1n) is 10.1. The Balaban J connectivity index is 1.09. The number of furan rings is 1. The number of halogens is 1. The highest BCUT2D eigenvalue weighted by Gasteiger charge is 2.56. The Labute approximate surface area is 167 Å². The molecule has 5 saturated carbocycles. The summed E-state index contributed by atoms with van der Waals surface area (Å²) in [5, 5.41) is 3.05. The quantitative estimate of drug-likeness (QED) is 0.545. The van der Waals surface area contributed by atoms with Gasteiger partial charge in [-0.1, -0.05) is 15.9 Å². The molecule has 6 rings (SSSR count). The zero-order chi connectivity index (χ0) is 18.6. The second-order valence-electron chi connectivity index (χ2n) is 9.46. The summed E-state index contributed by atoms with van der Waals surface area (Å²) in [6.07, 6.45) is 9.90. The fourth-order valence-electron chi connectivity index (χ4n) is 6.40. The first kappa shape index (κ1) is 17.8. The maximum absolute atomic E-state index is 12.3. The number of esters is 1. The Morgan fingerprint density at radius 3 is 2.67 bits per heavy atom. The van der Waals surface area contributed by atoms with Crippen LogP contribution < -0.4 is 5.32 Å². The lowest BCUT2D eigenvalue weighted by Gasteiger charge is -2.60. The maximum atomic E-state index is 12.3. The third kappa shape index (κ3) is 3.45. The van der Waals surface area contributed by atoms with E-state index in [1.54, 1.807) is 6.26 Å². The largest absolute Gasteiger partial charge is 0.469 e. The molecule has 1 N–H and O–H groups in total. The molecule has 1 aromatic rings. The smallest absolute Gasteiger partial charge is 0.310 e. The van der Waals surface area contributed by atoms with Crippen molar-refractivity contribution in [2.75, 3.05) is 13.2 Å². The van der Waals surface area contributed by atoms with Crippen LogP contribution in [0.15, 0.2) is 22.8 Å². The molecule has 4 bridgehead atoms. The molecule has 5 fully saturated rings. The lowest BCUT2D eigenvalue weighted by molar-refractivity contribution is -0.150. The number of hydrogen-bond donors (Lipinski definition) is 1. The van der Waals surface area contributed by atoms with E-state index in [1.807, 2.05) is 12.1 Å². The molecule has 0 radical (unpaired) electrons. The van der Waals surface area contributed by atoms with Crippen LogP contribution in [0.4, 0.5) is 0 Å². The van der Waals surface area contributed by atoms with Crippen molar-refractivity contribution >= 4 is 27.8 Å². The van der Waals surface area contributed by atoms with Gasteiger partial charge in [-0.25, -0.2) is 0 Å². The zero-order valence-corrected chi connectivity index (χ0v) is 17.0. The average molecular weight is 436 g/mol. The number of nitrogens with one attached hydrogen (secondary N) is 1. The van der Waals surface area contributed by atoms with E-state index in [-0.39, 0.29) is 35.7 Å². The van der Waals surface area contributed by atoms with Gasteiger partial charge in [-0.05, 0) is 74.3 Å². The number of amides is 1. The molecule has 5 nitrogen and oxygen atoms in total. The molecule has 6 heteroatoms. The predicted octanol–water partition coefficient (Wildman–Crippen LogP) is 3.78. The van der Waals surface area contributed by atoms with Crippen molar-refractivity contribution < 1.29 is 18.7 Å². The Kier molecular flexibility index (Phi) is 4.19. The van der Waals surface area contributed by atoms with Crippen molar-refractivity contribution in [3.05, 3.63) is 24.2 Å². The number of ether oxygens (including phenoxy) is 1. The second kappa shape index (κ2) is 6.36. The van der Waals surface area contributed by atoms with Crippen molar-refractivity contribution in [3.63, 3.8) is 0 Å². The summed E-state index contributed by atoms with van der Waals surface area (Å²) in [7, 11) is 0. The molecule has 146 valence electrons. The van der Waals surface area contributed by atoms with Gasteiger partial charge in [0.25, 0.3) is 5.91 Å². The van der Waals surface area contributed by atoms with Gasteiger partial charge in [0.05, 0.1) is 12.2 Å². The van der Waals surface area contributed by atoms with Crippen molar-refractivity contribution in [3.8, 4) is 0 Å². The van der Waals surface area contributed by atoms with Crippen LogP contribution in [0, 0.1) is 23.2 Å². The van der Waals surface area contributed by atoms with Gasteiger partial charge in [0, 0.05) is 16.8 Å². The third-order valence-electron chi connectivity index (χ3n) is 7.12. The SMILES string of the molecule is O=C(COC(=O)C1CC1c1ccco1)NCC12CC3CC(CC(Br)(C3)C1)C2. The summed E-state index contributed by atoms with van der Waals surface area (Å²) in [5.74, 6) is 1.89. The number of hydrogen-bond acceptors (Lipinski definition) is 4. The molecule has 5 aliphatic rings. The molecule has 1 aromatic heterocycles. The summed E-state index contributed by atoms with van der Waals surface area (Å²) < 4.78 is 10.9. The Hall–Kier alpha value is -1.30. The predicted molar refractivity (Wildman–Crippen MR) is 102 cm³/mol. The lowest BCUT2D eigenvalue weighted by atomic mass is 9.49. The molecule has 27 heavy (non-hydrogen) atoms. The number of alkyl halides is 1. The third-order valence-corrected chi connectivity index (χ3v) is 8.05. The van der Waals surface area contributed by atoms with Crippen LogP contribution in [-0.4, -0.2) is 29.4 Å². The van der Waals surface area contributed by atoms with E-state index in [0.717, 1.165) is 30.4 Å². The van der Waals surface area contributed by atoms with E-state index in [9.17, 15) is 9.59 Å². The van der Waals surface area contributed by atoms with E-state index in [1.165, 1.54) is 32.1 Å². The molecule has 0 aliphatic heterocycles. The monoisotopic (exact) mass is 435 g/mol. The first-order valence-corrected chi connectivity index (χ1v) is 10.9. The molecule has 4 unspecified atom stereocenters. The maximum Gasteiger partial charge on any atom is 0.310 e. The van der Waals surface area contributed by atoms with E-state index >= 15 is 0 Å². The topological polar surface area (TPSA) is 68.5 Å². The minimum absolute atomic E-state index is 0.109. The van der Waals surface area contributed by atoms with E-state index < -0.39 is 0 Å². The molecule has 0 aromatic carbocycles. The summed E-state index contributed by atoms with van der Waals surface area (Å²) in [6, 6.07) is 3.71. The fraction of sp³-hybridized carbons (Fsp3) is 0.714. The van der Waals surface area contributed by atoms with Crippen LogP contribution in [0.5, 0.6) is 0 Å². The number of rotatable bonds is 6. The minimum atomic E-state index is -0.291. The van der Waals surface area contributed by atoms with Crippen LogP contribution in [0.3, 0.4) is 0 Å². The van der Waals surface area contributed by atoms with Crippen molar-refractivity contribution in [2.24, 2.45) is 23.2 Å². The normalized spacial score (nSPS) is 41.4. The Morgan fingerprint density at radius 1 is 1.22 bits per heavy atom. The molecule has 0 saturated heterocycles. The highest BCUT2D eigenvalue weighted by molar-refractivity contribution is 9.10. The minimum Gasteiger partial charge on any atom is -0.469 e. The molecular weight excluding hydrogens is 410 g/mol. The summed E-state index contributed by atoms with van der Waals surface area (Å²) in [4.78, 5) is 24.4. The van der Waals surface area contributed by atoms with Crippen LogP contribution >= 0.6 is 15.9 Å². The molecular formula is C21H26BrNO4. The summed E-state index contributed by atoms with van der Waals surface area (Å²) in [5.41, 5.74) is 0.230. The van der Waals surface area contributed by atoms with Gasteiger partial charge < -0.3 is 14.5 Å². The highest BCUT2D eigenvalue weighted by atomic mass is 79.9. The van der Waals surface area contributed by atoms with Gasteiger partial charge in [0.1, 0.15) is 5.76 Å². The Bertz CT molecular complexity index is 731. The van der Waals surface area contributed by atoms with E-state index in [4.69, 9.17) is 9.15 Å².